The predicted octanol–water partition coefficient (Wildman–Crippen LogP) is -0.176. The first-order valence-corrected chi connectivity index (χ1v) is 4.14. The third-order valence-corrected chi connectivity index (χ3v) is 2.08. The molecule has 0 aromatic rings. The number of rotatable bonds is 1. The van der Waals surface area contributed by atoms with Gasteiger partial charge in [-0.3, -0.25) is 4.79 Å². The molecule has 1 aliphatic carbocycles. The molecule has 1 saturated carbocycles. The predicted molar refractivity (Wildman–Crippen MR) is 41.4 cm³/mol. The molecule has 70 valence electrons. The molecule has 0 bridgehead atoms. The van der Waals surface area contributed by atoms with Gasteiger partial charge in [0, 0.05) is 6.92 Å². The van der Waals surface area contributed by atoms with E-state index in [1.807, 2.05) is 0 Å². The van der Waals surface area contributed by atoms with Crippen molar-refractivity contribution in [3.63, 3.8) is 0 Å². The topological polar surface area (TPSA) is 66.8 Å². The van der Waals surface area contributed by atoms with Crippen LogP contribution in [0.4, 0.5) is 0 Å². The van der Waals surface area contributed by atoms with E-state index in [2.05, 4.69) is 0 Å². The molecule has 0 aromatic heterocycles. The first-order valence-electron chi connectivity index (χ1n) is 4.14. The van der Waals surface area contributed by atoms with Crippen molar-refractivity contribution >= 4 is 5.97 Å². The zero-order valence-corrected chi connectivity index (χ0v) is 7.06. The van der Waals surface area contributed by atoms with Gasteiger partial charge < -0.3 is 14.9 Å². The number of hydrogen-bond donors (Lipinski definition) is 2. The molecule has 3 atom stereocenters. The second-order valence-electron chi connectivity index (χ2n) is 3.14. The monoisotopic (exact) mass is 174 g/mol. The Morgan fingerprint density at radius 3 is 2.67 bits per heavy atom. The van der Waals surface area contributed by atoms with Gasteiger partial charge in [0.05, 0.1) is 6.10 Å². The van der Waals surface area contributed by atoms with Crippen molar-refractivity contribution in [2.24, 2.45) is 0 Å². The van der Waals surface area contributed by atoms with Crippen LogP contribution in [0, 0.1) is 0 Å². The molecule has 0 radical (unpaired) electrons. The lowest BCUT2D eigenvalue weighted by molar-refractivity contribution is -0.162. The largest absolute Gasteiger partial charge is 0.460 e. The first-order chi connectivity index (χ1) is 5.61. The number of carbonyl (C=O) groups is 1. The molecule has 1 aliphatic rings. The SMILES string of the molecule is CC(=O)OC1CCC[C@H](O)[C@@H]1O. The molecule has 0 heterocycles. The minimum absolute atomic E-state index is 0.409. The summed E-state index contributed by atoms with van der Waals surface area (Å²) >= 11 is 0. The molecule has 0 saturated heterocycles. The van der Waals surface area contributed by atoms with Crippen molar-refractivity contribution in [2.75, 3.05) is 0 Å². The van der Waals surface area contributed by atoms with Crippen molar-refractivity contribution in [3.8, 4) is 0 Å². The van der Waals surface area contributed by atoms with Crippen molar-refractivity contribution in [3.05, 3.63) is 0 Å². The lowest BCUT2D eigenvalue weighted by atomic mass is 9.92. The summed E-state index contributed by atoms with van der Waals surface area (Å²) in [5.41, 5.74) is 0. The average molecular weight is 174 g/mol. The van der Waals surface area contributed by atoms with Gasteiger partial charge in [-0.05, 0) is 19.3 Å². The number of esters is 1. The molecule has 4 heteroatoms. The molecule has 0 spiro atoms. The summed E-state index contributed by atoms with van der Waals surface area (Å²) in [5, 5.41) is 18.6. The Bertz CT molecular complexity index is 168. The summed E-state index contributed by atoms with van der Waals surface area (Å²) in [6.07, 6.45) is -0.176. The number of ether oxygens (including phenoxy) is 1. The first kappa shape index (κ1) is 9.48. The summed E-state index contributed by atoms with van der Waals surface area (Å²) in [5.74, 6) is -0.409. The smallest absolute Gasteiger partial charge is 0.302 e. The Morgan fingerprint density at radius 1 is 1.42 bits per heavy atom. The quantitative estimate of drug-likeness (QED) is 0.541. The van der Waals surface area contributed by atoms with Crippen LogP contribution in [0.1, 0.15) is 26.2 Å². The zero-order chi connectivity index (χ0) is 9.14. The molecule has 1 rings (SSSR count). The molecular weight excluding hydrogens is 160 g/mol. The fourth-order valence-corrected chi connectivity index (χ4v) is 1.46. The third-order valence-electron chi connectivity index (χ3n) is 2.08. The van der Waals surface area contributed by atoms with E-state index in [0.29, 0.717) is 12.8 Å². The van der Waals surface area contributed by atoms with Crippen molar-refractivity contribution in [1.29, 1.82) is 0 Å². The summed E-state index contributed by atoms with van der Waals surface area (Å²) < 4.78 is 4.82. The highest BCUT2D eigenvalue weighted by atomic mass is 16.6. The minimum atomic E-state index is -0.914. The number of aliphatic hydroxyl groups is 2. The second-order valence-corrected chi connectivity index (χ2v) is 3.14. The third kappa shape index (κ3) is 2.19. The van der Waals surface area contributed by atoms with E-state index in [0.717, 1.165) is 6.42 Å². The summed E-state index contributed by atoms with van der Waals surface area (Å²) in [7, 11) is 0. The Balaban J connectivity index is 2.46. The lowest BCUT2D eigenvalue weighted by Gasteiger charge is -2.30. The summed E-state index contributed by atoms with van der Waals surface area (Å²) in [4.78, 5) is 10.5. The van der Waals surface area contributed by atoms with Gasteiger partial charge in [-0.1, -0.05) is 0 Å². The molecule has 1 fully saturated rings. The average Bonchev–Trinajstić information content (AvgIpc) is 1.98. The van der Waals surface area contributed by atoms with Crippen molar-refractivity contribution < 1.29 is 19.7 Å². The lowest BCUT2D eigenvalue weighted by Crippen LogP contribution is -2.43. The van der Waals surface area contributed by atoms with Crippen LogP contribution < -0.4 is 0 Å². The summed E-state index contributed by atoms with van der Waals surface area (Å²) in [6.45, 7) is 1.30. The van der Waals surface area contributed by atoms with Gasteiger partial charge >= 0.3 is 5.97 Å². The molecule has 4 nitrogen and oxygen atoms in total. The van der Waals surface area contributed by atoms with Crippen LogP contribution in [-0.2, 0) is 9.53 Å². The Labute approximate surface area is 71.2 Å². The van der Waals surface area contributed by atoms with Crippen LogP contribution >= 0.6 is 0 Å². The van der Waals surface area contributed by atoms with Gasteiger partial charge in [-0.25, -0.2) is 0 Å². The van der Waals surface area contributed by atoms with Gasteiger partial charge in [0.1, 0.15) is 12.2 Å². The van der Waals surface area contributed by atoms with E-state index in [1.165, 1.54) is 6.92 Å². The highest BCUT2D eigenvalue weighted by Crippen LogP contribution is 2.21. The molecule has 1 unspecified atom stereocenters. The van der Waals surface area contributed by atoms with Crippen LogP contribution in [0.5, 0.6) is 0 Å². The van der Waals surface area contributed by atoms with E-state index in [9.17, 15) is 15.0 Å². The maximum atomic E-state index is 10.5. The standard InChI is InChI=1S/C8H14O4/c1-5(9)12-7-4-2-3-6(10)8(7)11/h6-8,10-11H,2-4H2,1H3/t6-,7?,8-/m0/s1. The van der Waals surface area contributed by atoms with E-state index >= 15 is 0 Å². The maximum absolute atomic E-state index is 10.5. The Hall–Kier alpha value is -0.610. The molecule has 0 amide bonds. The van der Waals surface area contributed by atoms with E-state index < -0.39 is 24.3 Å². The fourth-order valence-electron chi connectivity index (χ4n) is 1.46. The van der Waals surface area contributed by atoms with E-state index in [4.69, 9.17) is 4.74 Å². The number of aliphatic hydroxyl groups excluding tert-OH is 2. The van der Waals surface area contributed by atoms with Crippen molar-refractivity contribution in [2.45, 2.75) is 44.5 Å². The molecule has 2 N–H and O–H groups in total. The normalized spacial score (nSPS) is 36.1. The maximum Gasteiger partial charge on any atom is 0.302 e. The van der Waals surface area contributed by atoms with Crippen LogP contribution in [0.3, 0.4) is 0 Å². The highest BCUT2D eigenvalue weighted by molar-refractivity contribution is 5.66. The number of carbonyl (C=O) groups excluding carboxylic acids is 1. The van der Waals surface area contributed by atoms with Gasteiger partial charge in [-0.15, -0.1) is 0 Å². The minimum Gasteiger partial charge on any atom is -0.460 e. The molecule has 12 heavy (non-hydrogen) atoms. The van der Waals surface area contributed by atoms with E-state index in [-0.39, 0.29) is 0 Å². The van der Waals surface area contributed by atoms with Gasteiger partial charge in [-0.2, -0.15) is 0 Å². The molecular formula is C8H14O4. The van der Waals surface area contributed by atoms with Crippen LogP contribution in [0.25, 0.3) is 0 Å². The van der Waals surface area contributed by atoms with Crippen molar-refractivity contribution in [1.82, 2.24) is 0 Å². The van der Waals surface area contributed by atoms with E-state index in [1.54, 1.807) is 0 Å². The van der Waals surface area contributed by atoms with Gasteiger partial charge in [0.15, 0.2) is 0 Å². The van der Waals surface area contributed by atoms with Crippen LogP contribution in [0.15, 0.2) is 0 Å². The van der Waals surface area contributed by atoms with Crippen LogP contribution in [0.2, 0.25) is 0 Å². The molecule has 0 aliphatic heterocycles. The van der Waals surface area contributed by atoms with Gasteiger partial charge in [0.2, 0.25) is 0 Å². The summed E-state index contributed by atoms with van der Waals surface area (Å²) in [6, 6.07) is 0. The Kier molecular flexibility index (Phi) is 3.05. The second kappa shape index (κ2) is 3.87. The molecule has 0 aromatic carbocycles. The highest BCUT2D eigenvalue weighted by Gasteiger charge is 2.32. The number of hydrogen-bond acceptors (Lipinski definition) is 4. The Morgan fingerprint density at radius 2 is 2.08 bits per heavy atom. The van der Waals surface area contributed by atoms with Crippen LogP contribution in [-0.4, -0.2) is 34.5 Å². The zero-order valence-electron chi connectivity index (χ0n) is 7.06. The van der Waals surface area contributed by atoms with Gasteiger partial charge in [0.25, 0.3) is 0 Å². The fraction of sp³-hybridized carbons (Fsp3) is 0.875.